The second-order valence-electron chi connectivity index (χ2n) is 4.87. The number of rotatable bonds is 5. The van der Waals surface area contributed by atoms with E-state index in [0.29, 0.717) is 0 Å². The van der Waals surface area contributed by atoms with Crippen LogP contribution < -0.4 is 11.1 Å². The van der Waals surface area contributed by atoms with E-state index in [2.05, 4.69) is 22.3 Å². The fraction of sp³-hybridized carbons (Fsp3) is 0.833. The fourth-order valence-electron chi connectivity index (χ4n) is 2.16. The minimum Gasteiger partial charge on any atom is -0.409 e. The van der Waals surface area contributed by atoms with Crippen molar-refractivity contribution in [3.8, 4) is 0 Å². The Hall–Kier alpha value is -1.30. The third-order valence-corrected chi connectivity index (χ3v) is 3.43. The topological polar surface area (TPSA) is 91.0 Å². The average Bonchev–Trinajstić information content (AvgIpc) is 2.39. The van der Waals surface area contributed by atoms with E-state index in [1.807, 2.05) is 0 Å². The van der Waals surface area contributed by atoms with Crippen molar-refractivity contribution in [3.63, 3.8) is 0 Å². The molecular weight excluding hydrogens is 232 g/mol. The number of carbonyl (C=O) groups is 1. The predicted octanol–water partition coefficient (Wildman–Crippen LogP) is 0.360. The van der Waals surface area contributed by atoms with Crippen molar-refractivity contribution in [1.82, 2.24) is 10.2 Å². The van der Waals surface area contributed by atoms with Crippen molar-refractivity contribution in [2.75, 3.05) is 19.6 Å². The summed E-state index contributed by atoms with van der Waals surface area (Å²) in [5.74, 6) is -0.793. The highest BCUT2D eigenvalue weighted by molar-refractivity contribution is 6.01. The third-order valence-electron chi connectivity index (χ3n) is 3.43. The van der Waals surface area contributed by atoms with Gasteiger partial charge in [0.15, 0.2) is 5.84 Å². The van der Waals surface area contributed by atoms with Gasteiger partial charge in [0.1, 0.15) is 0 Å². The average molecular weight is 256 g/mol. The Morgan fingerprint density at radius 2 is 2.17 bits per heavy atom. The maximum Gasteiger partial charge on any atom is 0.230 e. The summed E-state index contributed by atoms with van der Waals surface area (Å²) in [6, 6.07) is 0.208. The molecule has 0 radical (unpaired) electrons. The molecule has 18 heavy (non-hydrogen) atoms. The first-order valence-corrected chi connectivity index (χ1v) is 6.58. The maximum atomic E-state index is 11.8. The molecule has 1 aliphatic heterocycles. The number of hydrogen-bond donors (Lipinski definition) is 3. The molecule has 1 aliphatic rings. The van der Waals surface area contributed by atoms with Gasteiger partial charge in [-0.15, -0.1) is 0 Å². The number of amidine groups is 1. The lowest BCUT2D eigenvalue weighted by Crippen LogP contribution is -2.47. The minimum absolute atomic E-state index is 0.0454. The first-order valence-electron chi connectivity index (χ1n) is 6.58. The smallest absolute Gasteiger partial charge is 0.230 e. The number of piperidine rings is 1. The number of oxime groups is 1. The number of nitrogens with one attached hydrogen (secondary N) is 1. The van der Waals surface area contributed by atoms with Crippen LogP contribution in [0.4, 0.5) is 0 Å². The molecule has 1 rings (SSSR count). The molecule has 1 heterocycles. The van der Waals surface area contributed by atoms with E-state index >= 15 is 0 Å². The van der Waals surface area contributed by atoms with E-state index in [9.17, 15) is 4.79 Å². The van der Waals surface area contributed by atoms with Crippen molar-refractivity contribution in [2.45, 2.75) is 39.2 Å². The van der Waals surface area contributed by atoms with Crippen molar-refractivity contribution < 1.29 is 10.0 Å². The monoisotopic (exact) mass is 256 g/mol. The number of likely N-dealkylation sites (tertiary alicyclic amines) is 1. The third kappa shape index (κ3) is 4.18. The van der Waals surface area contributed by atoms with Gasteiger partial charge in [-0.2, -0.15) is 0 Å². The van der Waals surface area contributed by atoms with E-state index in [1.54, 1.807) is 6.92 Å². The van der Waals surface area contributed by atoms with Gasteiger partial charge in [-0.05, 0) is 32.7 Å². The highest BCUT2D eigenvalue weighted by Crippen LogP contribution is 2.11. The normalized spacial score (nSPS) is 20.7. The van der Waals surface area contributed by atoms with E-state index in [0.717, 1.165) is 38.9 Å². The molecule has 0 aromatic rings. The van der Waals surface area contributed by atoms with Gasteiger partial charge in [0.2, 0.25) is 5.91 Å². The number of nitrogens with two attached hydrogens (primary N) is 1. The first-order chi connectivity index (χ1) is 8.58. The maximum absolute atomic E-state index is 11.8. The summed E-state index contributed by atoms with van der Waals surface area (Å²) in [6.07, 6.45) is 3.10. The zero-order valence-corrected chi connectivity index (χ0v) is 11.2. The molecule has 6 heteroatoms. The Balaban J connectivity index is 2.34. The molecule has 104 valence electrons. The summed E-state index contributed by atoms with van der Waals surface area (Å²) < 4.78 is 0. The lowest BCUT2D eigenvalue weighted by atomic mass is 10.0. The van der Waals surface area contributed by atoms with Gasteiger partial charge < -0.3 is 21.2 Å². The van der Waals surface area contributed by atoms with Crippen molar-refractivity contribution in [3.05, 3.63) is 0 Å². The first kappa shape index (κ1) is 14.8. The zero-order valence-electron chi connectivity index (χ0n) is 11.2. The standard InChI is InChI=1S/C12H24N4O2/c1-3-6-16-7-4-10(5-8-16)14-12(17)9(2)11(13)15-18/h9-10,18H,3-8H2,1-2H3,(H2,13,15)(H,14,17). The Morgan fingerprint density at radius 1 is 1.56 bits per heavy atom. The van der Waals surface area contributed by atoms with Crippen molar-refractivity contribution >= 4 is 11.7 Å². The Labute approximate surface area is 108 Å². The van der Waals surface area contributed by atoms with E-state index in [4.69, 9.17) is 10.9 Å². The van der Waals surface area contributed by atoms with Crippen LogP contribution in [0.2, 0.25) is 0 Å². The van der Waals surface area contributed by atoms with Crippen molar-refractivity contribution in [1.29, 1.82) is 0 Å². The van der Waals surface area contributed by atoms with Gasteiger partial charge in [-0.3, -0.25) is 4.79 Å². The Morgan fingerprint density at radius 3 is 2.67 bits per heavy atom. The van der Waals surface area contributed by atoms with Gasteiger partial charge in [-0.25, -0.2) is 0 Å². The zero-order chi connectivity index (χ0) is 13.5. The SMILES string of the molecule is CCCN1CCC(NC(=O)C(C)/C(N)=N/O)CC1. The van der Waals surface area contributed by atoms with Crippen LogP contribution in [0.15, 0.2) is 5.16 Å². The van der Waals surface area contributed by atoms with E-state index in [1.165, 1.54) is 0 Å². The van der Waals surface area contributed by atoms with Crippen LogP contribution in [0.5, 0.6) is 0 Å². The molecule has 0 aromatic heterocycles. The molecule has 1 unspecified atom stereocenters. The van der Waals surface area contributed by atoms with Gasteiger partial charge in [0.05, 0.1) is 5.92 Å². The molecular formula is C12H24N4O2. The molecule has 0 spiro atoms. The summed E-state index contributed by atoms with van der Waals surface area (Å²) >= 11 is 0. The van der Waals surface area contributed by atoms with Gasteiger partial charge in [0.25, 0.3) is 0 Å². The number of carbonyl (C=O) groups excluding carboxylic acids is 1. The largest absolute Gasteiger partial charge is 0.409 e. The van der Waals surface area contributed by atoms with Gasteiger partial charge in [0, 0.05) is 19.1 Å². The molecule has 0 aliphatic carbocycles. The molecule has 4 N–H and O–H groups in total. The van der Waals surface area contributed by atoms with E-state index in [-0.39, 0.29) is 17.8 Å². The minimum atomic E-state index is -0.580. The quantitative estimate of drug-likeness (QED) is 0.287. The molecule has 1 amide bonds. The van der Waals surface area contributed by atoms with Crippen LogP contribution in [-0.2, 0) is 4.79 Å². The van der Waals surface area contributed by atoms with E-state index < -0.39 is 5.92 Å². The molecule has 1 atom stereocenters. The van der Waals surface area contributed by atoms with Crippen LogP contribution in [0.3, 0.4) is 0 Å². The molecule has 6 nitrogen and oxygen atoms in total. The van der Waals surface area contributed by atoms with Crippen LogP contribution in [0, 0.1) is 5.92 Å². The summed E-state index contributed by atoms with van der Waals surface area (Å²) in [7, 11) is 0. The Bertz CT molecular complexity index is 298. The lowest BCUT2D eigenvalue weighted by molar-refractivity contribution is -0.123. The summed E-state index contributed by atoms with van der Waals surface area (Å²) in [5.41, 5.74) is 5.42. The van der Waals surface area contributed by atoms with Gasteiger partial charge in [-0.1, -0.05) is 12.1 Å². The Kier molecular flexibility index (Phi) is 5.91. The molecule has 1 fully saturated rings. The van der Waals surface area contributed by atoms with Crippen LogP contribution in [-0.4, -0.2) is 47.5 Å². The molecule has 0 saturated carbocycles. The summed E-state index contributed by atoms with van der Waals surface area (Å²) in [6.45, 7) is 6.98. The van der Waals surface area contributed by atoms with Crippen LogP contribution in [0.25, 0.3) is 0 Å². The number of hydrogen-bond acceptors (Lipinski definition) is 4. The second kappa shape index (κ2) is 7.20. The highest BCUT2D eigenvalue weighted by Gasteiger charge is 2.24. The predicted molar refractivity (Wildman–Crippen MR) is 70.5 cm³/mol. The van der Waals surface area contributed by atoms with Crippen molar-refractivity contribution in [2.24, 2.45) is 16.8 Å². The summed E-state index contributed by atoms with van der Waals surface area (Å²) in [5, 5.41) is 14.4. The van der Waals surface area contributed by atoms with Crippen LogP contribution in [0.1, 0.15) is 33.1 Å². The van der Waals surface area contributed by atoms with Gasteiger partial charge >= 0.3 is 0 Å². The number of nitrogens with zero attached hydrogens (tertiary/aromatic N) is 2. The fourth-order valence-corrected chi connectivity index (χ4v) is 2.16. The second-order valence-corrected chi connectivity index (χ2v) is 4.87. The number of amides is 1. The lowest BCUT2D eigenvalue weighted by Gasteiger charge is -2.32. The highest BCUT2D eigenvalue weighted by atomic mass is 16.4. The molecule has 0 aromatic carbocycles. The van der Waals surface area contributed by atoms with Crippen LogP contribution >= 0.6 is 0 Å². The molecule has 1 saturated heterocycles. The summed E-state index contributed by atoms with van der Waals surface area (Å²) in [4.78, 5) is 14.2. The molecule has 0 bridgehead atoms.